The van der Waals surface area contributed by atoms with Crippen LogP contribution in [-0.4, -0.2) is 38.4 Å². The van der Waals surface area contributed by atoms with Gasteiger partial charge in [0, 0.05) is 18.0 Å². The van der Waals surface area contributed by atoms with E-state index in [1.165, 1.54) is 16.0 Å². The summed E-state index contributed by atoms with van der Waals surface area (Å²) >= 11 is 1.32. The number of aryl methyl sites for hydroxylation is 1. The van der Waals surface area contributed by atoms with Crippen molar-refractivity contribution in [2.75, 3.05) is 0 Å². The van der Waals surface area contributed by atoms with Crippen molar-refractivity contribution in [3.8, 4) is 5.13 Å². The number of ketones is 1. The number of Topliss-reactive ketones (excluding diaryl/α,β-unsaturated/α-hetero) is 1. The average Bonchev–Trinajstić information content (AvgIpc) is 3.30. The predicted octanol–water partition coefficient (Wildman–Crippen LogP) is 1.03. The van der Waals surface area contributed by atoms with Gasteiger partial charge in [-0.05, 0) is 18.6 Å². The van der Waals surface area contributed by atoms with Crippen molar-refractivity contribution in [2.24, 2.45) is 5.73 Å². The van der Waals surface area contributed by atoms with Crippen LogP contribution in [0, 0.1) is 6.92 Å². The molecule has 0 aliphatic rings. The van der Waals surface area contributed by atoms with Gasteiger partial charge in [-0.3, -0.25) is 14.4 Å². The molecule has 0 fully saturated rings. The molecular weight excluding hydrogens is 366 g/mol. The predicted molar refractivity (Wildman–Crippen MR) is 99.6 cm³/mol. The van der Waals surface area contributed by atoms with Crippen LogP contribution in [0.3, 0.4) is 0 Å². The minimum Gasteiger partial charge on any atom is -0.363 e. The molecule has 8 nitrogen and oxygen atoms in total. The highest BCUT2D eigenvalue weighted by atomic mass is 32.1. The molecule has 2 heterocycles. The van der Waals surface area contributed by atoms with Crippen molar-refractivity contribution < 1.29 is 14.4 Å². The summed E-state index contributed by atoms with van der Waals surface area (Å²) in [6.07, 6.45) is 1.76. The third-order valence-corrected chi connectivity index (χ3v) is 4.56. The summed E-state index contributed by atoms with van der Waals surface area (Å²) in [7, 11) is 0. The molecule has 138 valence electrons. The molecule has 0 bridgehead atoms. The Balaban J connectivity index is 1.87. The fourth-order valence-corrected chi connectivity index (χ4v) is 3.19. The van der Waals surface area contributed by atoms with Crippen molar-refractivity contribution in [3.63, 3.8) is 0 Å². The summed E-state index contributed by atoms with van der Waals surface area (Å²) in [6, 6.07) is 9.58. The smallest absolute Gasteiger partial charge is 0.287 e. The molecule has 0 unspecified atom stereocenters. The summed E-state index contributed by atoms with van der Waals surface area (Å²) in [6.45, 7) is 1.75. The normalized spacial score (nSPS) is 11.7. The van der Waals surface area contributed by atoms with E-state index in [9.17, 15) is 14.4 Å². The van der Waals surface area contributed by atoms with Crippen LogP contribution in [0.15, 0.2) is 48.0 Å². The lowest BCUT2D eigenvalue weighted by Crippen LogP contribution is -2.47. The van der Waals surface area contributed by atoms with E-state index in [1.54, 1.807) is 36.7 Å². The molecule has 27 heavy (non-hydrogen) atoms. The lowest BCUT2D eigenvalue weighted by molar-refractivity contribution is -0.137. The van der Waals surface area contributed by atoms with E-state index in [-0.39, 0.29) is 12.1 Å². The van der Waals surface area contributed by atoms with Crippen molar-refractivity contribution in [2.45, 2.75) is 19.4 Å². The molecule has 1 aromatic carbocycles. The summed E-state index contributed by atoms with van der Waals surface area (Å²) in [5, 5.41) is 9.17. The Morgan fingerprint density at radius 3 is 2.63 bits per heavy atom. The number of rotatable bonds is 7. The lowest BCUT2D eigenvalue weighted by atomic mass is 10.0. The van der Waals surface area contributed by atoms with Crippen molar-refractivity contribution >= 4 is 28.9 Å². The van der Waals surface area contributed by atoms with Crippen LogP contribution in [0.2, 0.25) is 0 Å². The molecule has 0 aliphatic carbocycles. The Morgan fingerprint density at radius 2 is 2.00 bits per heavy atom. The van der Waals surface area contributed by atoms with Gasteiger partial charge in [-0.1, -0.05) is 30.3 Å². The molecule has 0 saturated carbocycles. The SMILES string of the molecule is Cc1cc(C(=O)N[C@@H](Cc2ccccc2)C(=O)C(N)=O)n(-c2nccs2)n1. The maximum atomic E-state index is 12.8. The van der Waals surface area contributed by atoms with Gasteiger partial charge in [0.15, 0.2) is 0 Å². The number of nitrogens with two attached hydrogens (primary N) is 1. The highest BCUT2D eigenvalue weighted by molar-refractivity contribution is 7.12. The molecule has 2 amide bonds. The number of hydrogen-bond acceptors (Lipinski definition) is 6. The summed E-state index contributed by atoms with van der Waals surface area (Å²) in [5.74, 6) is -2.49. The summed E-state index contributed by atoms with van der Waals surface area (Å²) < 4.78 is 1.41. The van der Waals surface area contributed by atoms with Gasteiger partial charge >= 0.3 is 0 Å². The van der Waals surface area contributed by atoms with Gasteiger partial charge < -0.3 is 11.1 Å². The monoisotopic (exact) mass is 383 g/mol. The van der Waals surface area contributed by atoms with Gasteiger partial charge in [-0.15, -0.1) is 11.3 Å². The number of hydrogen-bond donors (Lipinski definition) is 2. The minimum atomic E-state index is -1.10. The van der Waals surface area contributed by atoms with Crippen molar-refractivity contribution in [3.05, 3.63) is 64.9 Å². The molecule has 0 aliphatic heterocycles. The van der Waals surface area contributed by atoms with Crippen LogP contribution in [0.4, 0.5) is 0 Å². The molecule has 3 aromatic rings. The Bertz CT molecular complexity index is 966. The largest absolute Gasteiger partial charge is 0.363 e. The number of primary amides is 1. The number of aromatic nitrogens is 3. The van der Waals surface area contributed by atoms with E-state index in [1.807, 2.05) is 18.2 Å². The number of nitrogens with zero attached hydrogens (tertiary/aromatic N) is 3. The van der Waals surface area contributed by atoms with Crippen molar-refractivity contribution in [1.29, 1.82) is 0 Å². The van der Waals surface area contributed by atoms with E-state index < -0.39 is 23.6 Å². The second kappa shape index (κ2) is 7.92. The van der Waals surface area contributed by atoms with Crippen LogP contribution >= 0.6 is 11.3 Å². The zero-order chi connectivity index (χ0) is 19.4. The quantitative estimate of drug-likeness (QED) is 0.591. The van der Waals surface area contributed by atoms with Crippen LogP contribution < -0.4 is 11.1 Å². The van der Waals surface area contributed by atoms with Crippen molar-refractivity contribution in [1.82, 2.24) is 20.1 Å². The standard InChI is InChI=1S/C18H17N5O3S/c1-11-9-14(23(22-11)18-20-7-8-27-18)17(26)21-13(15(24)16(19)25)10-12-5-3-2-4-6-12/h2-9,13H,10H2,1H3,(H2,19,25)(H,21,26)/t13-/m0/s1. The minimum absolute atomic E-state index is 0.152. The second-order valence-electron chi connectivity index (χ2n) is 5.84. The van der Waals surface area contributed by atoms with Crippen LogP contribution in [0.25, 0.3) is 5.13 Å². The summed E-state index contributed by atoms with van der Waals surface area (Å²) in [4.78, 5) is 40.6. The highest BCUT2D eigenvalue weighted by Crippen LogP contribution is 2.15. The van der Waals surface area contributed by atoms with E-state index >= 15 is 0 Å². The molecule has 2 aromatic heterocycles. The maximum absolute atomic E-state index is 12.8. The molecule has 0 spiro atoms. The van der Waals surface area contributed by atoms with Crippen LogP contribution in [-0.2, 0) is 16.0 Å². The Hall–Kier alpha value is -3.33. The molecule has 3 rings (SSSR count). The van der Waals surface area contributed by atoms with Gasteiger partial charge in [-0.2, -0.15) is 5.10 Å². The number of amides is 2. The fraction of sp³-hybridized carbons (Fsp3) is 0.167. The maximum Gasteiger partial charge on any atom is 0.287 e. The van der Waals surface area contributed by atoms with E-state index in [0.29, 0.717) is 10.8 Å². The van der Waals surface area contributed by atoms with Gasteiger partial charge in [-0.25, -0.2) is 9.67 Å². The molecule has 0 saturated heterocycles. The average molecular weight is 383 g/mol. The first kappa shape index (κ1) is 18.5. The molecule has 3 N–H and O–H groups in total. The molecule has 0 radical (unpaired) electrons. The van der Waals surface area contributed by atoms with Gasteiger partial charge in [0.05, 0.1) is 5.69 Å². The van der Waals surface area contributed by atoms with E-state index in [4.69, 9.17) is 5.73 Å². The first-order valence-corrected chi connectivity index (χ1v) is 8.98. The first-order chi connectivity index (χ1) is 13.0. The van der Waals surface area contributed by atoms with Gasteiger partial charge in [0.2, 0.25) is 10.9 Å². The summed E-state index contributed by atoms with van der Waals surface area (Å²) in [5.41, 5.74) is 6.79. The third-order valence-electron chi connectivity index (χ3n) is 3.81. The third kappa shape index (κ3) is 4.26. The zero-order valence-electron chi connectivity index (χ0n) is 14.5. The zero-order valence-corrected chi connectivity index (χ0v) is 15.3. The Labute approximate surface area is 159 Å². The number of nitrogens with one attached hydrogen (secondary N) is 1. The topological polar surface area (TPSA) is 120 Å². The number of carbonyl (C=O) groups excluding carboxylic acids is 3. The fourth-order valence-electron chi connectivity index (χ4n) is 2.59. The molecule has 9 heteroatoms. The van der Waals surface area contributed by atoms with Gasteiger partial charge in [0.1, 0.15) is 11.7 Å². The van der Waals surface area contributed by atoms with E-state index in [0.717, 1.165) is 5.56 Å². The Morgan fingerprint density at radius 1 is 1.26 bits per heavy atom. The first-order valence-electron chi connectivity index (χ1n) is 8.10. The van der Waals surface area contributed by atoms with Gasteiger partial charge in [0.25, 0.3) is 11.8 Å². The number of benzene rings is 1. The highest BCUT2D eigenvalue weighted by Gasteiger charge is 2.27. The Kier molecular flexibility index (Phi) is 5.41. The number of thiazole rings is 1. The van der Waals surface area contributed by atoms with Crippen LogP contribution in [0.5, 0.6) is 0 Å². The number of carbonyl (C=O) groups is 3. The molecule has 1 atom stereocenters. The van der Waals surface area contributed by atoms with Crippen LogP contribution in [0.1, 0.15) is 21.7 Å². The molecular formula is C18H17N5O3S. The second-order valence-corrected chi connectivity index (χ2v) is 6.71. The van der Waals surface area contributed by atoms with E-state index in [2.05, 4.69) is 15.4 Å². The lowest BCUT2D eigenvalue weighted by Gasteiger charge is -2.16.